The molecule has 1 aromatic heterocycles. The summed E-state index contributed by atoms with van der Waals surface area (Å²) in [6.07, 6.45) is 1.22. The molecule has 1 aromatic carbocycles. The van der Waals surface area contributed by atoms with Gasteiger partial charge < -0.3 is 0 Å². The van der Waals surface area contributed by atoms with E-state index in [1.807, 2.05) is 44.2 Å². The lowest BCUT2D eigenvalue weighted by Gasteiger charge is -2.28. The predicted molar refractivity (Wildman–Crippen MR) is 104 cm³/mol. The number of nitrogens with one attached hydrogen (secondary N) is 1. The van der Waals surface area contributed by atoms with E-state index in [1.54, 1.807) is 9.80 Å². The fourth-order valence-corrected chi connectivity index (χ4v) is 4.51. The molecular weight excluding hydrogens is 418 g/mol. The molecule has 0 bridgehead atoms. The highest BCUT2D eigenvalue weighted by atomic mass is 79.9. The van der Waals surface area contributed by atoms with Crippen molar-refractivity contribution >= 4 is 39.4 Å². The van der Waals surface area contributed by atoms with E-state index in [2.05, 4.69) is 21.4 Å². The standard InChI is InChI=1S/C17H18BrN5O2S/c1-3-21-13-14(22(4-2)17(21)25)20-23-15(24)12(26-16(23)19-13)9-10-5-7-11(18)8-6-10/h5-9,13-14,20H,3-4H2,1-2H3/b12-9-. The number of urea groups is 1. The van der Waals surface area contributed by atoms with Crippen LogP contribution >= 0.6 is 27.3 Å². The van der Waals surface area contributed by atoms with Crippen LogP contribution in [0.3, 0.4) is 0 Å². The normalized spacial score (nSPS) is 22.1. The lowest BCUT2D eigenvalue weighted by molar-refractivity contribution is 0.189. The number of aromatic nitrogens is 1. The molecule has 2 aliphatic heterocycles. The Bertz CT molecular complexity index is 1030. The van der Waals surface area contributed by atoms with Crippen molar-refractivity contribution in [1.29, 1.82) is 0 Å². The van der Waals surface area contributed by atoms with Gasteiger partial charge in [-0.25, -0.2) is 9.79 Å². The van der Waals surface area contributed by atoms with Crippen molar-refractivity contribution in [2.75, 3.05) is 18.5 Å². The zero-order valence-electron chi connectivity index (χ0n) is 14.3. The number of rotatable bonds is 3. The number of fused-ring (bicyclic) bond motifs is 2. The van der Waals surface area contributed by atoms with E-state index in [9.17, 15) is 9.59 Å². The van der Waals surface area contributed by atoms with Crippen molar-refractivity contribution in [1.82, 2.24) is 14.5 Å². The summed E-state index contributed by atoms with van der Waals surface area (Å²) in [5.41, 5.74) is 4.00. The quantitative estimate of drug-likeness (QED) is 0.784. The Morgan fingerprint density at radius 2 is 1.88 bits per heavy atom. The third-order valence-electron chi connectivity index (χ3n) is 4.59. The maximum absolute atomic E-state index is 12.8. The molecule has 0 saturated carbocycles. The van der Waals surface area contributed by atoms with Crippen LogP contribution in [0, 0.1) is 0 Å². The van der Waals surface area contributed by atoms with Gasteiger partial charge in [-0.1, -0.05) is 39.4 Å². The molecule has 2 aromatic rings. The van der Waals surface area contributed by atoms with Crippen LogP contribution < -0.4 is 20.3 Å². The number of benzene rings is 1. The molecule has 4 rings (SSSR count). The molecule has 0 radical (unpaired) electrons. The molecule has 26 heavy (non-hydrogen) atoms. The van der Waals surface area contributed by atoms with Crippen LogP contribution in [0.2, 0.25) is 0 Å². The summed E-state index contributed by atoms with van der Waals surface area (Å²) in [7, 11) is 0. The lowest BCUT2D eigenvalue weighted by Crippen LogP contribution is -2.55. The van der Waals surface area contributed by atoms with E-state index in [0.29, 0.717) is 22.4 Å². The van der Waals surface area contributed by atoms with E-state index in [-0.39, 0.29) is 23.9 Å². The van der Waals surface area contributed by atoms with Crippen molar-refractivity contribution in [3.05, 3.63) is 54.0 Å². The van der Waals surface area contributed by atoms with Crippen molar-refractivity contribution in [2.24, 2.45) is 4.99 Å². The molecule has 1 saturated heterocycles. The van der Waals surface area contributed by atoms with Gasteiger partial charge in [0.25, 0.3) is 5.56 Å². The Kier molecular flexibility index (Phi) is 4.36. The minimum atomic E-state index is -0.326. The average Bonchev–Trinajstić information content (AvgIpc) is 3.08. The number of nitrogens with zero attached hydrogens (tertiary/aromatic N) is 4. The fraction of sp³-hybridized carbons (Fsp3) is 0.353. The average molecular weight is 436 g/mol. The second-order valence-electron chi connectivity index (χ2n) is 6.06. The Balaban J connectivity index is 1.80. The number of carbonyl (C=O) groups is 1. The maximum Gasteiger partial charge on any atom is 0.323 e. The van der Waals surface area contributed by atoms with Crippen molar-refractivity contribution in [2.45, 2.75) is 26.2 Å². The van der Waals surface area contributed by atoms with E-state index >= 15 is 0 Å². The summed E-state index contributed by atoms with van der Waals surface area (Å²) >= 11 is 4.74. The molecule has 9 heteroatoms. The molecule has 2 amide bonds. The van der Waals surface area contributed by atoms with Gasteiger partial charge in [0.2, 0.25) is 4.80 Å². The Morgan fingerprint density at radius 1 is 1.19 bits per heavy atom. The summed E-state index contributed by atoms with van der Waals surface area (Å²) in [4.78, 5) is 34.0. The minimum absolute atomic E-state index is 0.0499. The first-order valence-corrected chi connectivity index (χ1v) is 10.0. The van der Waals surface area contributed by atoms with Crippen LogP contribution in [0.25, 0.3) is 6.08 Å². The maximum atomic E-state index is 12.8. The van der Waals surface area contributed by atoms with Gasteiger partial charge in [0, 0.05) is 17.6 Å². The third kappa shape index (κ3) is 2.66. The van der Waals surface area contributed by atoms with Crippen molar-refractivity contribution < 1.29 is 4.79 Å². The summed E-state index contributed by atoms with van der Waals surface area (Å²) in [5, 5.41) is 0. The molecular formula is C17H18BrN5O2S. The monoisotopic (exact) mass is 435 g/mol. The first-order valence-electron chi connectivity index (χ1n) is 8.44. The van der Waals surface area contributed by atoms with Crippen LogP contribution in [0.1, 0.15) is 19.4 Å². The number of halogens is 1. The third-order valence-corrected chi connectivity index (χ3v) is 6.10. The van der Waals surface area contributed by atoms with Crippen LogP contribution in [0.5, 0.6) is 0 Å². The Labute approximate surface area is 162 Å². The number of hydrogen-bond acceptors (Lipinski definition) is 5. The topological polar surface area (TPSA) is 69.9 Å². The van der Waals surface area contributed by atoms with Gasteiger partial charge >= 0.3 is 6.03 Å². The van der Waals surface area contributed by atoms with E-state index in [1.165, 1.54) is 16.0 Å². The summed E-state index contributed by atoms with van der Waals surface area (Å²) < 4.78 is 3.06. The van der Waals surface area contributed by atoms with Gasteiger partial charge in [0.15, 0.2) is 12.3 Å². The van der Waals surface area contributed by atoms with Gasteiger partial charge in [0.05, 0.1) is 4.53 Å². The smallest absolute Gasteiger partial charge is 0.299 e. The SMILES string of the molecule is CCN1C(=O)N(CC)C2Nn3c(s/c(=C\c4ccc(Br)cc4)c3=O)=NC21. The summed E-state index contributed by atoms with van der Waals surface area (Å²) in [6.45, 7) is 5.00. The number of likely N-dealkylation sites (N-methyl/N-ethyl adjacent to an activating group) is 2. The molecule has 2 unspecified atom stereocenters. The summed E-state index contributed by atoms with van der Waals surface area (Å²) in [6, 6.07) is 7.72. The van der Waals surface area contributed by atoms with Crippen molar-refractivity contribution in [3.8, 4) is 0 Å². The van der Waals surface area contributed by atoms with Gasteiger partial charge in [-0.15, -0.1) is 0 Å². The van der Waals surface area contributed by atoms with Crippen LogP contribution in [-0.4, -0.2) is 45.9 Å². The molecule has 1 N–H and O–H groups in total. The molecule has 2 aliphatic rings. The molecule has 7 nitrogen and oxygen atoms in total. The second kappa shape index (κ2) is 6.55. The van der Waals surface area contributed by atoms with Gasteiger partial charge in [-0.05, 0) is 37.6 Å². The van der Waals surface area contributed by atoms with Crippen LogP contribution in [0.4, 0.5) is 4.79 Å². The highest BCUT2D eigenvalue weighted by Gasteiger charge is 2.46. The molecule has 3 heterocycles. The lowest BCUT2D eigenvalue weighted by atomic mass is 10.2. The Hall–Kier alpha value is -2.13. The number of hydrogen-bond donors (Lipinski definition) is 1. The van der Waals surface area contributed by atoms with E-state index in [0.717, 1.165) is 10.0 Å². The molecule has 136 valence electrons. The van der Waals surface area contributed by atoms with Gasteiger partial charge in [-0.2, -0.15) is 4.68 Å². The molecule has 0 aliphatic carbocycles. The van der Waals surface area contributed by atoms with Crippen LogP contribution in [-0.2, 0) is 0 Å². The first kappa shape index (κ1) is 17.3. The highest BCUT2D eigenvalue weighted by molar-refractivity contribution is 9.10. The number of carbonyl (C=O) groups excluding carboxylic acids is 1. The zero-order chi connectivity index (χ0) is 18.4. The molecule has 0 spiro atoms. The number of thiazole rings is 1. The molecule has 1 fully saturated rings. The molecule has 2 atom stereocenters. The van der Waals surface area contributed by atoms with E-state index < -0.39 is 0 Å². The van der Waals surface area contributed by atoms with Gasteiger partial charge in [0.1, 0.15) is 0 Å². The first-order chi connectivity index (χ1) is 12.5. The fourth-order valence-electron chi connectivity index (χ4n) is 3.29. The minimum Gasteiger partial charge on any atom is -0.299 e. The summed E-state index contributed by atoms with van der Waals surface area (Å²) in [5.74, 6) is 0. The zero-order valence-corrected chi connectivity index (χ0v) is 16.7. The predicted octanol–water partition coefficient (Wildman–Crippen LogP) is 1.11. The van der Waals surface area contributed by atoms with Crippen molar-refractivity contribution in [3.63, 3.8) is 0 Å². The Morgan fingerprint density at radius 3 is 2.54 bits per heavy atom. The number of amides is 2. The van der Waals surface area contributed by atoms with Crippen LogP contribution in [0.15, 0.2) is 38.5 Å². The largest absolute Gasteiger partial charge is 0.323 e. The highest BCUT2D eigenvalue weighted by Crippen LogP contribution is 2.23. The van der Waals surface area contributed by atoms with E-state index in [4.69, 9.17) is 4.99 Å². The second-order valence-corrected chi connectivity index (χ2v) is 7.98. The van der Waals surface area contributed by atoms with Gasteiger partial charge in [-0.3, -0.25) is 20.0 Å².